The van der Waals surface area contributed by atoms with Crippen LogP contribution in [0, 0.1) is 5.92 Å². The summed E-state index contributed by atoms with van der Waals surface area (Å²) in [7, 11) is 2.13. The van der Waals surface area contributed by atoms with Crippen LogP contribution in [0.2, 0.25) is 0 Å². The number of likely N-dealkylation sites (N-methyl/N-ethyl adjacent to an activating group) is 1. The number of nitrogens with one attached hydrogen (secondary N) is 1. The van der Waals surface area contributed by atoms with E-state index in [1.165, 1.54) is 25.7 Å². The van der Waals surface area contributed by atoms with E-state index in [0.717, 1.165) is 19.0 Å². The summed E-state index contributed by atoms with van der Waals surface area (Å²) in [4.78, 5) is 2.31. The molecule has 0 aromatic rings. The maximum absolute atomic E-state index is 9.41. The van der Waals surface area contributed by atoms with E-state index in [4.69, 9.17) is 0 Å². The molecule has 2 N–H and O–H groups in total. The van der Waals surface area contributed by atoms with Gasteiger partial charge in [0.15, 0.2) is 0 Å². The molecule has 1 rings (SSSR count). The van der Waals surface area contributed by atoms with E-state index in [9.17, 15) is 5.11 Å². The summed E-state index contributed by atoms with van der Waals surface area (Å²) in [6, 6.07) is 0.672. The molecule has 0 amide bonds. The maximum Gasteiger partial charge on any atom is 0.0609 e. The Bertz CT molecular complexity index is 216. The summed E-state index contributed by atoms with van der Waals surface area (Å²) >= 11 is 0. The van der Waals surface area contributed by atoms with Crippen molar-refractivity contribution in [1.82, 2.24) is 10.2 Å². The van der Waals surface area contributed by atoms with E-state index in [1.54, 1.807) is 0 Å². The Balaban J connectivity index is 2.52. The van der Waals surface area contributed by atoms with Crippen LogP contribution < -0.4 is 5.32 Å². The number of hydrogen-bond donors (Lipinski definition) is 2. The summed E-state index contributed by atoms with van der Waals surface area (Å²) in [5, 5.41) is 13.0. The van der Waals surface area contributed by atoms with Gasteiger partial charge in [-0.25, -0.2) is 0 Å². The van der Waals surface area contributed by atoms with Crippen molar-refractivity contribution in [2.24, 2.45) is 5.92 Å². The normalized spacial score (nSPS) is 26.5. The Kier molecular flexibility index (Phi) is 5.90. The SMILES string of the molecule is CCNC1CCCCC1CN(C)C(C)(C)CO. The van der Waals surface area contributed by atoms with Crippen molar-refractivity contribution in [3.8, 4) is 0 Å². The number of rotatable bonds is 6. The number of aliphatic hydroxyl groups is 1. The first-order valence-corrected chi connectivity index (χ1v) is 7.06. The number of hydrogen-bond acceptors (Lipinski definition) is 3. The summed E-state index contributed by atoms with van der Waals surface area (Å²) in [5.41, 5.74) is -0.103. The third-order valence-corrected chi connectivity index (χ3v) is 4.30. The predicted octanol–water partition coefficient (Wildman–Crippen LogP) is 1.86. The smallest absolute Gasteiger partial charge is 0.0609 e. The van der Waals surface area contributed by atoms with Crippen molar-refractivity contribution in [1.29, 1.82) is 0 Å². The minimum atomic E-state index is -0.103. The fourth-order valence-electron chi connectivity index (χ4n) is 2.68. The van der Waals surface area contributed by atoms with Crippen LogP contribution in [0.3, 0.4) is 0 Å². The highest BCUT2D eigenvalue weighted by atomic mass is 16.3. The van der Waals surface area contributed by atoms with Gasteiger partial charge in [-0.3, -0.25) is 4.90 Å². The molecule has 1 saturated carbocycles. The highest BCUT2D eigenvalue weighted by Crippen LogP contribution is 2.26. The molecule has 0 radical (unpaired) electrons. The van der Waals surface area contributed by atoms with Gasteiger partial charge in [-0.2, -0.15) is 0 Å². The first-order chi connectivity index (χ1) is 8.01. The lowest BCUT2D eigenvalue weighted by atomic mass is 9.83. The van der Waals surface area contributed by atoms with Crippen LogP contribution in [0.4, 0.5) is 0 Å². The van der Waals surface area contributed by atoms with E-state index in [2.05, 4.69) is 38.0 Å². The minimum Gasteiger partial charge on any atom is -0.394 e. The fraction of sp³-hybridized carbons (Fsp3) is 1.00. The molecular weight excluding hydrogens is 212 g/mol. The molecule has 0 spiro atoms. The van der Waals surface area contributed by atoms with Gasteiger partial charge in [0.25, 0.3) is 0 Å². The van der Waals surface area contributed by atoms with E-state index < -0.39 is 0 Å². The first-order valence-electron chi connectivity index (χ1n) is 7.06. The Morgan fingerprint density at radius 2 is 1.94 bits per heavy atom. The molecule has 0 bridgehead atoms. The van der Waals surface area contributed by atoms with Crippen molar-refractivity contribution in [3.63, 3.8) is 0 Å². The molecule has 3 heteroatoms. The Hall–Kier alpha value is -0.120. The molecule has 0 aromatic heterocycles. The van der Waals surface area contributed by atoms with Gasteiger partial charge in [0, 0.05) is 18.1 Å². The molecule has 1 aliphatic rings. The lowest BCUT2D eigenvalue weighted by Crippen LogP contribution is -2.50. The number of nitrogens with zero attached hydrogens (tertiary/aromatic N) is 1. The molecule has 0 aliphatic heterocycles. The van der Waals surface area contributed by atoms with E-state index in [1.807, 2.05) is 0 Å². The monoisotopic (exact) mass is 242 g/mol. The Morgan fingerprint density at radius 1 is 1.29 bits per heavy atom. The molecule has 1 aliphatic carbocycles. The summed E-state index contributed by atoms with van der Waals surface area (Å²) in [6.45, 7) is 8.78. The predicted molar refractivity (Wildman–Crippen MR) is 73.2 cm³/mol. The molecule has 1 fully saturated rings. The zero-order valence-electron chi connectivity index (χ0n) is 12.0. The second kappa shape index (κ2) is 6.72. The van der Waals surface area contributed by atoms with Gasteiger partial charge in [0.1, 0.15) is 0 Å². The van der Waals surface area contributed by atoms with Crippen molar-refractivity contribution in [2.45, 2.75) is 58.0 Å². The Morgan fingerprint density at radius 3 is 2.53 bits per heavy atom. The molecular formula is C14H30N2O. The fourth-order valence-corrected chi connectivity index (χ4v) is 2.68. The second-order valence-electron chi connectivity index (χ2n) is 6.06. The average Bonchev–Trinajstić information content (AvgIpc) is 2.32. The molecule has 0 aromatic carbocycles. The van der Waals surface area contributed by atoms with Gasteiger partial charge in [-0.15, -0.1) is 0 Å². The second-order valence-corrected chi connectivity index (χ2v) is 6.06. The van der Waals surface area contributed by atoms with E-state index in [-0.39, 0.29) is 12.1 Å². The van der Waals surface area contributed by atoms with Crippen LogP contribution in [-0.4, -0.2) is 48.3 Å². The third-order valence-electron chi connectivity index (χ3n) is 4.30. The molecule has 0 saturated heterocycles. The van der Waals surface area contributed by atoms with Crippen LogP contribution >= 0.6 is 0 Å². The molecule has 0 heterocycles. The summed E-state index contributed by atoms with van der Waals surface area (Å²) in [5.74, 6) is 0.736. The molecule has 102 valence electrons. The van der Waals surface area contributed by atoms with Crippen LogP contribution in [-0.2, 0) is 0 Å². The van der Waals surface area contributed by atoms with Gasteiger partial charge in [0.05, 0.1) is 6.61 Å². The van der Waals surface area contributed by atoms with Gasteiger partial charge in [-0.05, 0) is 46.2 Å². The topological polar surface area (TPSA) is 35.5 Å². The van der Waals surface area contributed by atoms with Gasteiger partial charge < -0.3 is 10.4 Å². The van der Waals surface area contributed by atoms with Crippen molar-refractivity contribution in [2.75, 3.05) is 26.7 Å². The molecule has 17 heavy (non-hydrogen) atoms. The van der Waals surface area contributed by atoms with Crippen LogP contribution in [0.5, 0.6) is 0 Å². The molecule has 2 unspecified atom stereocenters. The Labute approximate surface area is 107 Å². The van der Waals surface area contributed by atoms with Crippen LogP contribution in [0.15, 0.2) is 0 Å². The van der Waals surface area contributed by atoms with Crippen LogP contribution in [0.1, 0.15) is 46.5 Å². The van der Waals surface area contributed by atoms with Gasteiger partial charge >= 0.3 is 0 Å². The third kappa shape index (κ3) is 4.23. The highest BCUT2D eigenvalue weighted by molar-refractivity contribution is 4.86. The minimum absolute atomic E-state index is 0.103. The van der Waals surface area contributed by atoms with Crippen molar-refractivity contribution >= 4 is 0 Å². The average molecular weight is 242 g/mol. The number of aliphatic hydroxyl groups excluding tert-OH is 1. The lowest BCUT2D eigenvalue weighted by Gasteiger charge is -2.40. The lowest BCUT2D eigenvalue weighted by molar-refractivity contribution is 0.0543. The first kappa shape index (κ1) is 14.9. The quantitative estimate of drug-likeness (QED) is 0.746. The van der Waals surface area contributed by atoms with Crippen molar-refractivity contribution in [3.05, 3.63) is 0 Å². The van der Waals surface area contributed by atoms with Crippen molar-refractivity contribution < 1.29 is 5.11 Å². The van der Waals surface area contributed by atoms with Crippen LogP contribution in [0.25, 0.3) is 0 Å². The highest BCUT2D eigenvalue weighted by Gasteiger charge is 2.30. The molecule has 2 atom stereocenters. The van der Waals surface area contributed by atoms with Gasteiger partial charge in [0.2, 0.25) is 0 Å². The summed E-state index contributed by atoms with van der Waals surface area (Å²) < 4.78 is 0. The zero-order valence-corrected chi connectivity index (χ0v) is 12.0. The van der Waals surface area contributed by atoms with E-state index in [0.29, 0.717) is 6.04 Å². The van der Waals surface area contributed by atoms with Gasteiger partial charge in [-0.1, -0.05) is 19.8 Å². The van der Waals surface area contributed by atoms with E-state index >= 15 is 0 Å². The molecule has 3 nitrogen and oxygen atoms in total. The summed E-state index contributed by atoms with van der Waals surface area (Å²) in [6.07, 6.45) is 5.36. The standard InChI is InChI=1S/C14H30N2O/c1-5-15-13-9-7-6-8-12(13)10-16(4)14(2,3)11-17/h12-13,15,17H,5-11H2,1-4H3. The zero-order chi connectivity index (χ0) is 12.9. The largest absolute Gasteiger partial charge is 0.394 e. The maximum atomic E-state index is 9.41.